The van der Waals surface area contributed by atoms with Crippen LogP contribution in [-0.4, -0.2) is 6.04 Å². The average molecular weight is 279 g/mol. The Morgan fingerprint density at radius 3 is 2.10 bits per heavy atom. The Morgan fingerprint density at radius 1 is 1.00 bits per heavy atom. The molecule has 0 saturated carbocycles. The van der Waals surface area contributed by atoms with Crippen molar-refractivity contribution in [1.29, 1.82) is 0 Å². The summed E-state index contributed by atoms with van der Waals surface area (Å²) < 4.78 is 13.2. The van der Waals surface area contributed by atoms with E-state index in [1.165, 1.54) is 51.4 Å². The Kier molecular flexibility index (Phi) is 8.32. The number of unbranched alkanes of at least 4 members (excludes halogenated alkanes) is 4. The molecule has 0 aliphatic heterocycles. The lowest BCUT2D eigenvalue weighted by Crippen LogP contribution is -2.20. The van der Waals surface area contributed by atoms with Gasteiger partial charge in [0, 0.05) is 11.7 Å². The third-order valence-corrected chi connectivity index (χ3v) is 3.86. The highest BCUT2D eigenvalue weighted by molar-refractivity contribution is 5.51. The van der Waals surface area contributed by atoms with Crippen molar-refractivity contribution in [2.75, 3.05) is 5.32 Å². The molecule has 0 radical (unpaired) electrons. The zero-order chi connectivity index (χ0) is 14.8. The molecule has 0 aliphatic rings. The van der Waals surface area contributed by atoms with Crippen LogP contribution in [0.5, 0.6) is 0 Å². The number of hydrogen-bond acceptors (Lipinski definition) is 1. The van der Waals surface area contributed by atoms with Crippen LogP contribution in [0.25, 0.3) is 0 Å². The maximum Gasteiger partial charge on any atom is 0.123 e. The standard InChI is InChI=1S/C18H30FN/c1-4-6-8-10-17(11-9-7-5-2)20-18-13-12-16(19)14-15(18)3/h12-14,17,20H,4-11H2,1-3H3. The van der Waals surface area contributed by atoms with E-state index in [0.717, 1.165) is 11.3 Å². The van der Waals surface area contributed by atoms with Gasteiger partial charge in [-0.3, -0.25) is 0 Å². The molecule has 1 aromatic rings. The maximum absolute atomic E-state index is 13.2. The van der Waals surface area contributed by atoms with Gasteiger partial charge in [0.1, 0.15) is 5.82 Å². The summed E-state index contributed by atoms with van der Waals surface area (Å²) in [5.74, 6) is -0.151. The van der Waals surface area contributed by atoms with Gasteiger partial charge in [-0.15, -0.1) is 0 Å². The van der Waals surface area contributed by atoms with Crippen molar-refractivity contribution in [1.82, 2.24) is 0 Å². The van der Waals surface area contributed by atoms with E-state index in [9.17, 15) is 4.39 Å². The average Bonchev–Trinajstić information content (AvgIpc) is 2.42. The number of anilines is 1. The SMILES string of the molecule is CCCCCC(CCCCC)Nc1ccc(F)cc1C. The molecule has 0 unspecified atom stereocenters. The summed E-state index contributed by atoms with van der Waals surface area (Å²) in [4.78, 5) is 0. The van der Waals surface area contributed by atoms with Gasteiger partial charge < -0.3 is 5.32 Å². The first kappa shape index (κ1) is 17.0. The molecule has 0 bridgehead atoms. The number of rotatable bonds is 10. The summed E-state index contributed by atoms with van der Waals surface area (Å²) in [5, 5.41) is 3.63. The fourth-order valence-electron chi connectivity index (χ4n) is 2.58. The van der Waals surface area contributed by atoms with Gasteiger partial charge >= 0.3 is 0 Å². The minimum absolute atomic E-state index is 0.151. The third-order valence-electron chi connectivity index (χ3n) is 3.86. The van der Waals surface area contributed by atoms with Crippen molar-refractivity contribution in [3.05, 3.63) is 29.6 Å². The number of nitrogens with one attached hydrogen (secondary N) is 1. The Labute approximate surface area is 124 Å². The fourth-order valence-corrected chi connectivity index (χ4v) is 2.58. The Balaban J connectivity index is 2.56. The first-order chi connectivity index (χ1) is 9.67. The lowest BCUT2D eigenvalue weighted by Gasteiger charge is -2.21. The summed E-state index contributed by atoms with van der Waals surface area (Å²) in [6.45, 7) is 6.45. The quantitative estimate of drug-likeness (QED) is 0.512. The minimum Gasteiger partial charge on any atom is -0.382 e. The van der Waals surface area contributed by atoms with E-state index in [4.69, 9.17) is 0 Å². The molecule has 1 rings (SSSR count). The van der Waals surface area contributed by atoms with E-state index in [2.05, 4.69) is 19.2 Å². The van der Waals surface area contributed by atoms with Crippen LogP contribution in [-0.2, 0) is 0 Å². The molecule has 0 aliphatic carbocycles. The monoisotopic (exact) mass is 279 g/mol. The van der Waals surface area contributed by atoms with Gasteiger partial charge in [0.25, 0.3) is 0 Å². The smallest absolute Gasteiger partial charge is 0.123 e. The summed E-state index contributed by atoms with van der Waals surface area (Å²) in [7, 11) is 0. The first-order valence-corrected chi connectivity index (χ1v) is 8.20. The molecule has 0 saturated heterocycles. The molecule has 0 amide bonds. The van der Waals surface area contributed by atoms with E-state index >= 15 is 0 Å². The van der Waals surface area contributed by atoms with Crippen molar-refractivity contribution >= 4 is 5.69 Å². The Hall–Kier alpha value is -1.05. The van der Waals surface area contributed by atoms with Crippen LogP contribution in [0.3, 0.4) is 0 Å². The van der Waals surface area contributed by atoms with Gasteiger partial charge in [-0.25, -0.2) is 4.39 Å². The second-order valence-corrected chi connectivity index (χ2v) is 5.79. The van der Waals surface area contributed by atoms with Crippen LogP contribution in [0.15, 0.2) is 18.2 Å². The number of benzene rings is 1. The Morgan fingerprint density at radius 2 is 1.60 bits per heavy atom. The third kappa shape index (κ3) is 6.40. The minimum atomic E-state index is -0.151. The van der Waals surface area contributed by atoms with E-state index in [1.807, 2.05) is 13.0 Å². The zero-order valence-corrected chi connectivity index (χ0v) is 13.3. The molecule has 2 heteroatoms. The van der Waals surface area contributed by atoms with Crippen LogP contribution in [0.2, 0.25) is 0 Å². The molecule has 0 aromatic heterocycles. The largest absolute Gasteiger partial charge is 0.382 e. The van der Waals surface area contributed by atoms with E-state index in [-0.39, 0.29) is 5.82 Å². The van der Waals surface area contributed by atoms with Crippen LogP contribution < -0.4 is 5.32 Å². The molecule has 0 spiro atoms. The molecule has 1 N–H and O–H groups in total. The van der Waals surface area contributed by atoms with Gasteiger partial charge in [0.15, 0.2) is 0 Å². The summed E-state index contributed by atoms with van der Waals surface area (Å²) >= 11 is 0. The first-order valence-electron chi connectivity index (χ1n) is 8.20. The van der Waals surface area contributed by atoms with Gasteiger partial charge in [-0.2, -0.15) is 0 Å². The highest BCUT2D eigenvalue weighted by Crippen LogP contribution is 2.21. The van der Waals surface area contributed by atoms with Gasteiger partial charge in [0.2, 0.25) is 0 Å². The van der Waals surface area contributed by atoms with E-state index < -0.39 is 0 Å². The number of hydrogen-bond donors (Lipinski definition) is 1. The summed E-state index contributed by atoms with van der Waals surface area (Å²) in [5.41, 5.74) is 2.09. The fraction of sp³-hybridized carbons (Fsp3) is 0.667. The predicted molar refractivity (Wildman–Crippen MR) is 86.8 cm³/mol. The molecule has 20 heavy (non-hydrogen) atoms. The molecule has 1 nitrogen and oxygen atoms in total. The Bertz CT molecular complexity index is 366. The van der Waals surface area contributed by atoms with Crippen LogP contribution in [0, 0.1) is 12.7 Å². The molecule has 0 fully saturated rings. The zero-order valence-electron chi connectivity index (χ0n) is 13.3. The van der Waals surface area contributed by atoms with Crippen molar-refractivity contribution in [2.45, 2.75) is 78.2 Å². The highest BCUT2D eigenvalue weighted by atomic mass is 19.1. The summed E-state index contributed by atoms with van der Waals surface area (Å²) in [6, 6.07) is 5.55. The normalized spacial score (nSPS) is 11.1. The van der Waals surface area contributed by atoms with E-state index in [1.54, 1.807) is 12.1 Å². The number of aryl methyl sites for hydroxylation is 1. The van der Waals surface area contributed by atoms with Crippen molar-refractivity contribution in [2.24, 2.45) is 0 Å². The second kappa shape index (κ2) is 9.79. The van der Waals surface area contributed by atoms with Crippen LogP contribution >= 0.6 is 0 Å². The maximum atomic E-state index is 13.2. The topological polar surface area (TPSA) is 12.0 Å². The van der Waals surface area contributed by atoms with E-state index in [0.29, 0.717) is 6.04 Å². The van der Waals surface area contributed by atoms with Gasteiger partial charge in [-0.1, -0.05) is 52.4 Å². The van der Waals surface area contributed by atoms with Gasteiger partial charge in [0.05, 0.1) is 0 Å². The molecule has 0 atom stereocenters. The van der Waals surface area contributed by atoms with Crippen LogP contribution in [0.4, 0.5) is 10.1 Å². The van der Waals surface area contributed by atoms with Crippen molar-refractivity contribution in [3.8, 4) is 0 Å². The molecule has 1 aromatic carbocycles. The summed E-state index contributed by atoms with van der Waals surface area (Å²) in [6.07, 6.45) is 10.1. The highest BCUT2D eigenvalue weighted by Gasteiger charge is 2.10. The van der Waals surface area contributed by atoms with Crippen molar-refractivity contribution in [3.63, 3.8) is 0 Å². The lowest BCUT2D eigenvalue weighted by atomic mass is 10.0. The molecular weight excluding hydrogens is 249 g/mol. The van der Waals surface area contributed by atoms with Crippen molar-refractivity contribution < 1.29 is 4.39 Å². The molecular formula is C18H30FN. The lowest BCUT2D eigenvalue weighted by molar-refractivity contribution is 0.526. The molecule has 0 heterocycles. The van der Waals surface area contributed by atoms with Gasteiger partial charge in [-0.05, 0) is 43.5 Å². The number of halogens is 1. The second-order valence-electron chi connectivity index (χ2n) is 5.79. The van der Waals surface area contributed by atoms with Crippen LogP contribution in [0.1, 0.15) is 70.8 Å². The predicted octanol–water partition coefficient (Wildman–Crippen LogP) is 6.08. The molecule has 114 valence electrons.